The maximum Gasteiger partial charge on any atom is 0.309 e. The summed E-state index contributed by atoms with van der Waals surface area (Å²) in [4.78, 5) is 10.6. The van der Waals surface area contributed by atoms with Gasteiger partial charge in [0.05, 0.1) is 12.7 Å². The van der Waals surface area contributed by atoms with Crippen LogP contribution < -0.4 is 9.67 Å². The molecule has 0 bridgehead atoms. The molecular formula is C8H10N2O2. The number of carbonyl (C=O) groups excluding carboxylic acids is 1. The SMILES string of the molecule is C=C(C)n1cc[n+](C)c1C(=O)[O-]. The Morgan fingerprint density at radius 1 is 1.75 bits per heavy atom. The molecule has 0 aliphatic rings. The fraction of sp³-hybridized carbons (Fsp3) is 0.250. The minimum atomic E-state index is -1.20. The third-order valence-electron chi connectivity index (χ3n) is 1.60. The Kier molecular flexibility index (Phi) is 1.99. The first-order chi connectivity index (χ1) is 5.54. The first kappa shape index (κ1) is 8.52. The van der Waals surface area contributed by atoms with Crippen molar-refractivity contribution in [2.75, 3.05) is 0 Å². The van der Waals surface area contributed by atoms with Crippen molar-refractivity contribution < 1.29 is 14.5 Å². The number of aromatic carboxylic acids is 1. The summed E-state index contributed by atoms with van der Waals surface area (Å²) in [6.45, 7) is 5.37. The molecule has 0 atom stereocenters. The molecule has 0 aliphatic heterocycles. The molecule has 1 rings (SSSR count). The van der Waals surface area contributed by atoms with Crippen molar-refractivity contribution in [3.63, 3.8) is 0 Å². The van der Waals surface area contributed by atoms with Crippen LogP contribution in [0.1, 0.15) is 17.5 Å². The van der Waals surface area contributed by atoms with Gasteiger partial charge < -0.3 is 9.90 Å². The van der Waals surface area contributed by atoms with Crippen LogP contribution in [0.25, 0.3) is 5.70 Å². The average Bonchev–Trinajstić information content (AvgIpc) is 2.30. The topological polar surface area (TPSA) is 48.9 Å². The highest BCUT2D eigenvalue weighted by Gasteiger charge is 2.15. The molecule has 1 aromatic heterocycles. The highest BCUT2D eigenvalue weighted by Crippen LogP contribution is 2.01. The molecule has 0 unspecified atom stereocenters. The van der Waals surface area contributed by atoms with E-state index in [1.54, 1.807) is 26.4 Å². The maximum absolute atomic E-state index is 10.6. The first-order valence-corrected chi connectivity index (χ1v) is 3.48. The van der Waals surface area contributed by atoms with E-state index >= 15 is 0 Å². The summed E-state index contributed by atoms with van der Waals surface area (Å²) < 4.78 is 2.94. The summed E-state index contributed by atoms with van der Waals surface area (Å²) in [5.41, 5.74) is 0.648. The van der Waals surface area contributed by atoms with Gasteiger partial charge in [-0.05, 0) is 6.92 Å². The average molecular weight is 166 g/mol. The summed E-state index contributed by atoms with van der Waals surface area (Å²) >= 11 is 0. The van der Waals surface area contributed by atoms with Gasteiger partial charge in [0.15, 0.2) is 5.97 Å². The second kappa shape index (κ2) is 2.81. The van der Waals surface area contributed by atoms with E-state index in [1.165, 1.54) is 9.13 Å². The molecule has 0 aromatic carbocycles. The third-order valence-corrected chi connectivity index (χ3v) is 1.60. The summed E-state index contributed by atoms with van der Waals surface area (Å²) in [7, 11) is 1.64. The predicted molar refractivity (Wildman–Crippen MR) is 40.9 cm³/mol. The quantitative estimate of drug-likeness (QED) is 0.538. The lowest BCUT2D eigenvalue weighted by Gasteiger charge is -2.00. The van der Waals surface area contributed by atoms with E-state index in [2.05, 4.69) is 6.58 Å². The zero-order valence-electron chi connectivity index (χ0n) is 7.07. The van der Waals surface area contributed by atoms with Crippen LogP contribution in [0.15, 0.2) is 19.0 Å². The van der Waals surface area contributed by atoms with Gasteiger partial charge >= 0.3 is 5.82 Å². The van der Waals surface area contributed by atoms with E-state index < -0.39 is 5.97 Å². The highest BCUT2D eigenvalue weighted by molar-refractivity contribution is 5.81. The molecule has 0 fully saturated rings. The molecule has 4 nitrogen and oxygen atoms in total. The minimum Gasteiger partial charge on any atom is -0.538 e. The third kappa shape index (κ3) is 1.23. The van der Waals surface area contributed by atoms with E-state index in [1.807, 2.05) is 0 Å². The molecule has 4 heteroatoms. The van der Waals surface area contributed by atoms with Crippen molar-refractivity contribution in [1.29, 1.82) is 0 Å². The monoisotopic (exact) mass is 166 g/mol. The van der Waals surface area contributed by atoms with E-state index in [0.717, 1.165) is 0 Å². The Balaban J connectivity index is 3.31. The summed E-state index contributed by atoms with van der Waals surface area (Å²) in [5, 5.41) is 10.6. The van der Waals surface area contributed by atoms with Crippen molar-refractivity contribution in [3.8, 4) is 0 Å². The van der Waals surface area contributed by atoms with Gasteiger partial charge in [0, 0.05) is 0 Å². The minimum absolute atomic E-state index is 0.0995. The van der Waals surface area contributed by atoms with Crippen LogP contribution in [0.3, 0.4) is 0 Å². The Morgan fingerprint density at radius 3 is 2.67 bits per heavy atom. The van der Waals surface area contributed by atoms with Crippen molar-refractivity contribution in [1.82, 2.24) is 4.57 Å². The number of carbonyl (C=O) groups is 1. The maximum atomic E-state index is 10.6. The molecule has 0 N–H and O–H groups in total. The molecule has 1 aromatic rings. The van der Waals surface area contributed by atoms with E-state index in [9.17, 15) is 9.90 Å². The second-order valence-electron chi connectivity index (χ2n) is 2.63. The normalized spacial score (nSPS) is 9.83. The Hall–Kier alpha value is -1.58. The van der Waals surface area contributed by atoms with E-state index in [4.69, 9.17) is 0 Å². The lowest BCUT2D eigenvalue weighted by Crippen LogP contribution is -2.41. The number of hydrogen-bond donors (Lipinski definition) is 0. The van der Waals surface area contributed by atoms with Gasteiger partial charge in [-0.15, -0.1) is 0 Å². The van der Waals surface area contributed by atoms with Gasteiger partial charge in [-0.25, -0.2) is 4.57 Å². The van der Waals surface area contributed by atoms with Crippen molar-refractivity contribution >= 4 is 11.7 Å². The van der Waals surface area contributed by atoms with Gasteiger partial charge in [-0.1, -0.05) is 6.58 Å². The number of allylic oxidation sites excluding steroid dienone is 1. The van der Waals surface area contributed by atoms with Crippen molar-refractivity contribution in [3.05, 3.63) is 24.8 Å². The van der Waals surface area contributed by atoms with Crippen LogP contribution in [0.2, 0.25) is 0 Å². The molecule has 0 amide bonds. The number of aromatic nitrogens is 2. The molecular weight excluding hydrogens is 156 g/mol. The van der Waals surface area contributed by atoms with Gasteiger partial charge in [0.1, 0.15) is 12.4 Å². The van der Waals surface area contributed by atoms with Gasteiger partial charge in [-0.3, -0.25) is 0 Å². The second-order valence-corrected chi connectivity index (χ2v) is 2.63. The van der Waals surface area contributed by atoms with Crippen molar-refractivity contribution in [2.24, 2.45) is 7.05 Å². The lowest BCUT2D eigenvalue weighted by atomic mass is 10.5. The number of nitrogens with zero attached hydrogens (tertiary/aromatic N) is 2. The summed E-state index contributed by atoms with van der Waals surface area (Å²) in [6, 6.07) is 0. The first-order valence-electron chi connectivity index (χ1n) is 3.48. The highest BCUT2D eigenvalue weighted by atomic mass is 16.4. The number of imidazole rings is 1. The summed E-state index contributed by atoms with van der Waals surface area (Å²) in [5.74, 6) is -1.10. The van der Waals surface area contributed by atoms with Crippen LogP contribution in [0, 0.1) is 0 Å². The number of carboxylic acid groups (broad SMARTS) is 1. The van der Waals surface area contributed by atoms with Crippen LogP contribution in [0.4, 0.5) is 0 Å². The van der Waals surface area contributed by atoms with E-state index in [-0.39, 0.29) is 5.82 Å². The molecule has 0 saturated carbocycles. The molecule has 0 saturated heterocycles. The fourth-order valence-electron chi connectivity index (χ4n) is 1.03. The van der Waals surface area contributed by atoms with Gasteiger partial charge in [0.2, 0.25) is 0 Å². The Bertz CT molecular complexity index is 339. The fourth-order valence-corrected chi connectivity index (χ4v) is 1.03. The molecule has 0 radical (unpaired) electrons. The molecule has 12 heavy (non-hydrogen) atoms. The molecule has 1 heterocycles. The lowest BCUT2D eigenvalue weighted by molar-refractivity contribution is -0.675. The zero-order chi connectivity index (χ0) is 9.30. The number of hydrogen-bond acceptors (Lipinski definition) is 2. The number of rotatable bonds is 2. The van der Waals surface area contributed by atoms with Crippen molar-refractivity contribution in [2.45, 2.75) is 6.92 Å². The van der Waals surface area contributed by atoms with E-state index in [0.29, 0.717) is 5.70 Å². The van der Waals surface area contributed by atoms with Gasteiger partial charge in [-0.2, -0.15) is 4.57 Å². The molecule has 0 aliphatic carbocycles. The number of carboxylic acids is 1. The standard InChI is InChI=1S/C8H10N2O2/c1-6(2)10-5-4-9(3)7(10)8(11)12/h4-5H,1H2,2-3H3. The Morgan fingerprint density at radius 2 is 2.33 bits per heavy atom. The van der Waals surface area contributed by atoms with Crippen LogP contribution in [0.5, 0.6) is 0 Å². The van der Waals surface area contributed by atoms with Gasteiger partial charge in [0.25, 0.3) is 0 Å². The van der Waals surface area contributed by atoms with Crippen LogP contribution in [-0.2, 0) is 7.05 Å². The molecule has 0 spiro atoms. The Labute approximate surface area is 70.4 Å². The number of aryl methyl sites for hydroxylation is 1. The smallest absolute Gasteiger partial charge is 0.309 e. The van der Waals surface area contributed by atoms with Crippen LogP contribution >= 0.6 is 0 Å². The molecule has 64 valence electrons. The van der Waals surface area contributed by atoms with Crippen LogP contribution in [-0.4, -0.2) is 10.5 Å². The largest absolute Gasteiger partial charge is 0.538 e. The zero-order valence-corrected chi connectivity index (χ0v) is 7.07. The summed E-state index contributed by atoms with van der Waals surface area (Å²) in [6.07, 6.45) is 3.27. The predicted octanol–water partition coefficient (Wildman–Crippen LogP) is -0.833.